The molecule has 1 fully saturated rings. The highest BCUT2D eigenvalue weighted by Gasteiger charge is 2.29. The maximum Gasteiger partial charge on any atom is 0.230 e. The van der Waals surface area contributed by atoms with Crippen LogP contribution >= 0.6 is 0 Å². The second-order valence-electron chi connectivity index (χ2n) is 6.89. The standard InChI is InChI=1S/C19H27N5O/c1-14(18-15(2)21-22(4)16(18)3)19(25)24-11-9-23(10-12-24)13-17-5-7-20-8-6-17/h5-8,14H,9-13H2,1-4H3/t14-/m1/s1. The van der Waals surface area contributed by atoms with Crippen LogP contribution in [0.1, 0.15) is 35.4 Å². The van der Waals surface area contributed by atoms with Gasteiger partial charge in [-0.25, -0.2) is 0 Å². The van der Waals surface area contributed by atoms with Crippen LogP contribution in [-0.4, -0.2) is 56.7 Å². The Kier molecular flexibility index (Phi) is 5.18. The first-order chi connectivity index (χ1) is 12.0. The molecule has 0 aliphatic carbocycles. The van der Waals surface area contributed by atoms with Gasteiger partial charge in [0.2, 0.25) is 5.91 Å². The first-order valence-electron chi connectivity index (χ1n) is 8.87. The average Bonchev–Trinajstić information content (AvgIpc) is 2.87. The van der Waals surface area contributed by atoms with Crippen LogP contribution in [0.3, 0.4) is 0 Å². The monoisotopic (exact) mass is 341 g/mol. The SMILES string of the molecule is Cc1nn(C)c(C)c1[C@@H](C)C(=O)N1CCN(Cc2ccncc2)CC1. The van der Waals surface area contributed by atoms with Crippen LogP contribution in [0.25, 0.3) is 0 Å². The number of pyridine rings is 1. The molecule has 1 aliphatic rings. The van der Waals surface area contributed by atoms with Gasteiger partial charge < -0.3 is 4.90 Å². The molecule has 0 aromatic carbocycles. The summed E-state index contributed by atoms with van der Waals surface area (Å²) in [7, 11) is 1.93. The van der Waals surface area contributed by atoms with Crippen molar-refractivity contribution >= 4 is 5.91 Å². The van der Waals surface area contributed by atoms with Gasteiger partial charge in [-0.15, -0.1) is 0 Å². The van der Waals surface area contributed by atoms with Crippen molar-refractivity contribution < 1.29 is 4.79 Å². The third-order valence-electron chi connectivity index (χ3n) is 5.21. The Morgan fingerprint density at radius 3 is 2.36 bits per heavy atom. The zero-order valence-electron chi connectivity index (χ0n) is 15.6. The molecular weight excluding hydrogens is 314 g/mol. The molecule has 6 heteroatoms. The molecule has 6 nitrogen and oxygen atoms in total. The number of hydrogen-bond donors (Lipinski definition) is 0. The van der Waals surface area contributed by atoms with Gasteiger partial charge in [0.05, 0.1) is 11.6 Å². The molecule has 1 saturated heterocycles. The quantitative estimate of drug-likeness (QED) is 0.852. The van der Waals surface area contributed by atoms with Crippen molar-refractivity contribution in [1.29, 1.82) is 0 Å². The molecule has 0 N–H and O–H groups in total. The summed E-state index contributed by atoms with van der Waals surface area (Å²) in [6.07, 6.45) is 3.66. The fourth-order valence-corrected chi connectivity index (χ4v) is 3.69. The Hall–Kier alpha value is -2.21. The van der Waals surface area contributed by atoms with E-state index in [1.165, 1.54) is 5.56 Å². The van der Waals surface area contributed by atoms with E-state index in [-0.39, 0.29) is 11.8 Å². The number of carbonyl (C=O) groups excluding carboxylic acids is 1. The molecule has 2 aromatic heterocycles. The predicted molar refractivity (Wildman–Crippen MR) is 97.2 cm³/mol. The lowest BCUT2D eigenvalue weighted by Crippen LogP contribution is -2.49. The molecule has 0 unspecified atom stereocenters. The van der Waals surface area contributed by atoms with Crippen molar-refractivity contribution in [3.8, 4) is 0 Å². The summed E-state index contributed by atoms with van der Waals surface area (Å²) in [5, 5.41) is 4.45. The van der Waals surface area contributed by atoms with Crippen molar-refractivity contribution in [2.24, 2.45) is 7.05 Å². The van der Waals surface area contributed by atoms with Crippen LogP contribution in [-0.2, 0) is 18.4 Å². The summed E-state index contributed by atoms with van der Waals surface area (Å²) < 4.78 is 1.86. The first-order valence-corrected chi connectivity index (χ1v) is 8.87. The molecule has 3 heterocycles. The third kappa shape index (κ3) is 3.74. The van der Waals surface area contributed by atoms with Gasteiger partial charge in [0, 0.05) is 63.4 Å². The maximum atomic E-state index is 12.9. The van der Waals surface area contributed by atoms with Crippen LogP contribution in [0, 0.1) is 13.8 Å². The maximum absolute atomic E-state index is 12.9. The Labute approximate surface area is 149 Å². The third-order valence-corrected chi connectivity index (χ3v) is 5.21. The summed E-state index contributed by atoms with van der Waals surface area (Å²) in [6, 6.07) is 4.10. The van der Waals surface area contributed by atoms with E-state index < -0.39 is 0 Å². The first kappa shape index (κ1) is 17.6. The van der Waals surface area contributed by atoms with E-state index in [0.29, 0.717) is 0 Å². The summed E-state index contributed by atoms with van der Waals surface area (Å²) in [5.41, 5.74) is 4.38. The molecular formula is C19H27N5O. The molecule has 1 atom stereocenters. The van der Waals surface area contributed by atoms with Gasteiger partial charge >= 0.3 is 0 Å². The molecule has 0 radical (unpaired) electrons. The molecule has 25 heavy (non-hydrogen) atoms. The highest BCUT2D eigenvalue weighted by molar-refractivity contribution is 5.84. The predicted octanol–water partition coefficient (Wildman–Crippen LogP) is 1.88. The van der Waals surface area contributed by atoms with Crippen LogP contribution < -0.4 is 0 Å². The molecule has 1 amide bonds. The van der Waals surface area contributed by atoms with E-state index in [0.717, 1.165) is 49.7 Å². The number of aryl methyl sites for hydroxylation is 2. The average molecular weight is 341 g/mol. The molecule has 0 spiro atoms. The Morgan fingerprint density at radius 2 is 1.80 bits per heavy atom. The van der Waals surface area contributed by atoms with Crippen LogP contribution in [0.2, 0.25) is 0 Å². The topological polar surface area (TPSA) is 54.3 Å². The fourth-order valence-electron chi connectivity index (χ4n) is 3.69. The lowest BCUT2D eigenvalue weighted by Gasteiger charge is -2.36. The second-order valence-corrected chi connectivity index (χ2v) is 6.89. The van der Waals surface area contributed by atoms with E-state index in [1.54, 1.807) is 0 Å². The van der Waals surface area contributed by atoms with Crippen molar-refractivity contribution in [3.63, 3.8) is 0 Å². The number of hydrogen-bond acceptors (Lipinski definition) is 4. The summed E-state index contributed by atoms with van der Waals surface area (Å²) >= 11 is 0. The van der Waals surface area contributed by atoms with Gasteiger partial charge in [0.15, 0.2) is 0 Å². The van der Waals surface area contributed by atoms with Gasteiger partial charge in [0.25, 0.3) is 0 Å². The Bertz CT molecular complexity index is 732. The molecule has 0 saturated carbocycles. The van der Waals surface area contributed by atoms with E-state index in [4.69, 9.17) is 0 Å². The van der Waals surface area contributed by atoms with Gasteiger partial charge in [0.1, 0.15) is 0 Å². The van der Waals surface area contributed by atoms with Crippen molar-refractivity contribution in [2.75, 3.05) is 26.2 Å². The van der Waals surface area contributed by atoms with Gasteiger partial charge in [-0.1, -0.05) is 0 Å². The number of piperazine rings is 1. The molecule has 3 rings (SSSR count). The number of nitrogens with zero attached hydrogens (tertiary/aromatic N) is 5. The van der Waals surface area contributed by atoms with E-state index in [1.807, 2.05) is 61.9 Å². The number of amides is 1. The largest absolute Gasteiger partial charge is 0.340 e. The lowest BCUT2D eigenvalue weighted by molar-refractivity contribution is -0.134. The van der Waals surface area contributed by atoms with E-state index in [9.17, 15) is 4.79 Å². The van der Waals surface area contributed by atoms with Gasteiger partial charge in [-0.3, -0.25) is 19.4 Å². The highest BCUT2D eigenvalue weighted by atomic mass is 16.2. The molecule has 2 aromatic rings. The zero-order chi connectivity index (χ0) is 18.0. The van der Waals surface area contributed by atoms with E-state index in [2.05, 4.69) is 15.0 Å². The minimum Gasteiger partial charge on any atom is -0.340 e. The molecule has 0 bridgehead atoms. The van der Waals surface area contributed by atoms with Crippen molar-refractivity contribution in [2.45, 2.75) is 33.2 Å². The number of carbonyl (C=O) groups is 1. The minimum atomic E-state index is -0.138. The van der Waals surface area contributed by atoms with Gasteiger partial charge in [-0.2, -0.15) is 5.10 Å². The van der Waals surface area contributed by atoms with Crippen molar-refractivity contribution in [3.05, 3.63) is 47.0 Å². The summed E-state index contributed by atoms with van der Waals surface area (Å²) in [4.78, 5) is 21.4. The smallest absolute Gasteiger partial charge is 0.230 e. The normalized spacial score (nSPS) is 16.9. The second kappa shape index (κ2) is 7.35. The molecule has 1 aliphatic heterocycles. The number of rotatable bonds is 4. The van der Waals surface area contributed by atoms with Crippen LogP contribution in [0.5, 0.6) is 0 Å². The zero-order valence-corrected chi connectivity index (χ0v) is 15.6. The highest BCUT2D eigenvalue weighted by Crippen LogP contribution is 2.25. The number of aromatic nitrogens is 3. The van der Waals surface area contributed by atoms with Crippen LogP contribution in [0.4, 0.5) is 0 Å². The summed E-state index contributed by atoms with van der Waals surface area (Å²) in [6.45, 7) is 10.3. The van der Waals surface area contributed by atoms with Gasteiger partial charge in [-0.05, 0) is 38.5 Å². The Balaban J connectivity index is 1.59. The summed E-state index contributed by atoms with van der Waals surface area (Å²) in [5.74, 6) is 0.0724. The fraction of sp³-hybridized carbons (Fsp3) is 0.526. The lowest BCUT2D eigenvalue weighted by atomic mass is 9.97. The Morgan fingerprint density at radius 1 is 1.16 bits per heavy atom. The molecule has 134 valence electrons. The minimum absolute atomic E-state index is 0.138. The van der Waals surface area contributed by atoms with Crippen LogP contribution in [0.15, 0.2) is 24.5 Å². The van der Waals surface area contributed by atoms with Crippen molar-refractivity contribution in [1.82, 2.24) is 24.6 Å². The van der Waals surface area contributed by atoms with E-state index >= 15 is 0 Å².